The summed E-state index contributed by atoms with van der Waals surface area (Å²) in [5, 5.41) is 38.0. The molecule has 8 heteroatoms. The number of carboxylic acids is 2. The first-order chi connectivity index (χ1) is 14.3. The summed E-state index contributed by atoms with van der Waals surface area (Å²) in [7, 11) is 0. The summed E-state index contributed by atoms with van der Waals surface area (Å²) in [6, 6.07) is 0. The molecule has 0 saturated carbocycles. The van der Waals surface area contributed by atoms with Gasteiger partial charge in [0, 0.05) is 0 Å². The molecule has 0 aliphatic rings. The lowest BCUT2D eigenvalue weighted by atomic mass is 9.88. The number of unbranched alkanes of at least 4 members (excludes halogenated alkanes) is 2. The lowest BCUT2D eigenvalue weighted by molar-refractivity contribution is -0.143. The van der Waals surface area contributed by atoms with Crippen LogP contribution in [0.1, 0.15) is 78.1 Å². The van der Waals surface area contributed by atoms with Gasteiger partial charge in [-0.15, -0.1) is 0 Å². The summed E-state index contributed by atoms with van der Waals surface area (Å²) < 4.78 is 10.7. The van der Waals surface area contributed by atoms with Crippen molar-refractivity contribution in [3.63, 3.8) is 0 Å². The molecular weight excluding hydrogens is 392 g/mol. The van der Waals surface area contributed by atoms with Crippen molar-refractivity contribution in [1.29, 1.82) is 0 Å². The SMILES string of the molecule is CCC(CCCCC(O)(CCCCC(CC)C(=O)O)COCCOCCO)C(=O)O. The van der Waals surface area contributed by atoms with Crippen LogP contribution in [0.2, 0.25) is 0 Å². The Morgan fingerprint density at radius 1 is 0.800 bits per heavy atom. The average molecular weight is 435 g/mol. The Bertz CT molecular complexity index is 424. The molecule has 0 aromatic carbocycles. The maximum absolute atomic E-state index is 11.1. The van der Waals surface area contributed by atoms with E-state index >= 15 is 0 Å². The first-order valence-corrected chi connectivity index (χ1v) is 11.2. The molecule has 178 valence electrons. The van der Waals surface area contributed by atoms with Crippen LogP contribution < -0.4 is 0 Å². The lowest BCUT2D eigenvalue weighted by Crippen LogP contribution is -2.35. The maximum atomic E-state index is 11.1. The molecule has 0 rings (SSSR count). The van der Waals surface area contributed by atoms with Crippen molar-refractivity contribution >= 4 is 11.9 Å². The summed E-state index contributed by atoms with van der Waals surface area (Å²) in [4.78, 5) is 22.3. The minimum absolute atomic E-state index is 0.0475. The van der Waals surface area contributed by atoms with Crippen molar-refractivity contribution in [2.24, 2.45) is 11.8 Å². The predicted molar refractivity (Wildman–Crippen MR) is 113 cm³/mol. The van der Waals surface area contributed by atoms with Crippen LogP contribution in [0.3, 0.4) is 0 Å². The Kier molecular flexibility index (Phi) is 16.7. The molecule has 2 unspecified atom stereocenters. The van der Waals surface area contributed by atoms with Gasteiger partial charge in [0.15, 0.2) is 0 Å². The van der Waals surface area contributed by atoms with Crippen molar-refractivity contribution in [3.8, 4) is 0 Å². The van der Waals surface area contributed by atoms with E-state index in [1.807, 2.05) is 13.8 Å². The summed E-state index contributed by atoms with van der Waals surface area (Å²) in [5.74, 6) is -2.24. The molecule has 0 spiro atoms. The van der Waals surface area contributed by atoms with Gasteiger partial charge in [0.25, 0.3) is 0 Å². The summed E-state index contributed by atoms with van der Waals surface area (Å²) in [6.07, 6.45) is 6.26. The van der Waals surface area contributed by atoms with Crippen molar-refractivity contribution in [2.45, 2.75) is 83.7 Å². The highest BCUT2D eigenvalue weighted by Gasteiger charge is 2.27. The fourth-order valence-electron chi connectivity index (χ4n) is 3.51. The Hall–Kier alpha value is -1.22. The minimum Gasteiger partial charge on any atom is -0.481 e. The molecule has 0 radical (unpaired) electrons. The third kappa shape index (κ3) is 13.9. The number of carbonyl (C=O) groups is 2. The van der Waals surface area contributed by atoms with E-state index in [0.717, 1.165) is 12.8 Å². The number of ether oxygens (including phenoxy) is 2. The second-order valence-corrected chi connectivity index (χ2v) is 7.99. The van der Waals surface area contributed by atoms with E-state index < -0.39 is 17.5 Å². The van der Waals surface area contributed by atoms with Gasteiger partial charge >= 0.3 is 11.9 Å². The van der Waals surface area contributed by atoms with E-state index in [4.69, 9.17) is 24.8 Å². The van der Waals surface area contributed by atoms with Crippen molar-refractivity contribution in [2.75, 3.05) is 33.0 Å². The monoisotopic (exact) mass is 434 g/mol. The molecule has 2 atom stereocenters. The van der Waals surface area contributed by atoms with E-state index in [2.05, 4.69) is 0 Å². The lowest BCUT2D eigenvalue weighted by Gasteiger charge is -2.28. The van der Waals surface area contributed by atoms with E-state index in [1.165, 1.54) is 0 Å². The number of carboxylic acid groups (broad SMARTS) is 2. The fraction of sp³-hybridized carbons (Fsp3) is 0.909. The van der Waals surface area contributed by atoms with Crippen molar-refractivity contribution in [3.05, 3.63) is 0 Å². The molecule has 0 amide bonds. The van der Waals surface area contributed by atoms with Gasteiger partial charge in [0.2, 0.25) is 0 Å². The van der Waals surface area contributed by atoms with Crippen LogP contribution in [0.5, 0.6) is 0 Å². The number of aliphatic carboxylic acids is 2. The highest BCUT2D eigenvalue weighted by atomic mass is 16.5. The van der Waals surface area contributed by atoms with Crippen LogP contribution in [0.25, 0.3) is 0 Å². The van der Waals surface area contributed by atoms with Gasteiger partial charge in [-0.25, -0.2) is 0 Å². The van der Waals surface area contributed by atoms with Gasteiger partial charge in [-0.1, -0.05) is 39.5 Å². The van der Waals surface area contributed by atoms with Crippen molar-refractivity contribution in [1.82, 2.24) is 0 Å². The fourth-order valence-corrected chi connectivity index (χ4v) is 3.51. The molecule has 0 fully saturated rings. The molecule has 4 N–H and O–H groups in total. The zero-order valence-corrected chi connectivity index (χ0v) is 18.7. The van der Waals surface area contributed by atoms with Gasteiger partial charge in [-0.05, 0) is 38.5 Å². The molecule has 0 bridgehead atoms. The van der Waals surface area contributed by atoms with Crippen LogP contribution >= 0.6 is 0 Å². The van der Waals surface area contributed by atoms with Gasteiger partial charge in [0.05, 0.1) is 50.5 Å². The summed E-state index contributed by atoms with van der Waals surface area (Å²) in [5.41, 5.74) is -1.02. The topological polar surface area (TPSA) is 134 Å². The Labute approximate surface area is 180 Å². The van der Waals surface area contributed by atoms with Gasteiger partial charge < -0.3 is 29.9 Å². The zero-order chi connectivity index (χ0) is 22.8. The highest BCUT2D eigenvalue weighted by molar-refractivity contribution is 5.70. The zero-order valence-electron chi connectivity index (χ0n) is 18.7. The molecule has 0 aromatic heterocycles. The van der Waals surface area contributed by atoms with Crippen LogP contribution in [0, 0.1) is 11.8 Å². The Morgan fingerprint density at radius 3 is 1.67 bits per heavy atom. The molecule has 0 saturated heterocycles. The van der Waals surface area contributed by atoms with Gasteiger partial charge in [-0.2, -0.15) is 0 Å². The number of aliphatic hydroxyl groups is 2. The second kappa shape index (κ2) is 17.5. The Morgan fingerprint density at radius 2 is 1.27 bits per heavy atom. The van der Waals surface area contributed by atoms with Gasteiger partial charge in [-0.3, -0.25) is 9.59 Å². The van der Waals surface area contributed by atoms with Crippen LogP contribution in [-0.2, 0) is 19.1 Å². The minimum atomic E-state index is -1.02. The third-order valence-corrected chi connectivity index (χ3v) is 5.55. The summed E-state index contributed by atoms with van der Waals surface area (Å²) >= 11 is 0. The van der Waals surface area contributed by atoms with E-state index in [-0.39, 0.29) is 31.7 Å². The first kappa shape index (κ1) is 28.8. The number of hydrogen-bond acceptors (Lipinski definition) is 6. The van der Waals surface area contributed by atoms with E-state index in [0.29, 0.717) is 64.6 Å². The highest BCUT2D eigenvalue weighted by Crippen LogP contribution is 2.25. The second-order valence-electron chi connectivity index (χ2n) is 7.99. The standard InChI is InChI=1S/C22H42O8/c1-3-18(20(24)25)9-5-7-11-22(28,17-30-16-15-29-14-13-23)12-8-6-10-19(4-2)21(26)27/h18-19,23,28H,3-17H2,1-2H3,(H,24,25)(H,26,27). The Balaban J connectivity index is 4.48. The third-order valence-electron chi connectivity index (χ3n) is 5.55. The van der Waals surface area contributed by atoms with Crippen LogP contribution in [0.15, 0.2) is 0 Å². The smallest absolute Gasteiger partial charge is 0.306 e. The average Bonchev–Trinajstić information content (AvgIpc) is 2.70. The van der Waals surface area contributed by atoms with Crippen LogP contribution in [0.4, 0.5) is 0 Å². The normalized spacial score (nSPS) is 15.5. The molecule has 0 aliphatic heterocycles. The van der Waals surface area contributed by atoms with Crippen molar-refractivity contribution < 1.29 is 39.5 Å². The van der Waals surface area contributed by atoms with Gasteiger partial charge in [0.1, 0.15) is 0 Å². The summed E-state index contributed by atoms with van der Waals surface area (Å²) in [6.45, 7) is 4.74. The largest absolute Gasteiger partial charge is 0.481 e. The number of rotatable bonds is 21. The molecule has 0 heterocycles. The predicted octanol–water partition coefficient (Wildman–Crippen LogP) is 3.09. The number of hydrogen-bond donors (Lipinski definition) is 4. The quantitative estimate of drug-likeness (QED) is 0.203. The van der Waals surface area contributed by atoms with Crippen LogP contribution in [-0.4, -0.2) is 71.0 Å². The molecule has 8 nitrogen and oxygen atoms in total. The molecule has 0 aliphatic carbocycles. The molecule has 0 aromatic rings. The van der Waals surface area contributed by atoms with E-state index in [1.54, 1.807) is 0 Å². The maximum Gasteiger partial charge on any atom is 0.306 e. The first-order valence-electron chi connectivity index (χ1n) is 11.2. The molecular formula is C22H42O8. The number of aliphatic hydroxyl groups excluding tert-OH is 1. The molecule has 30 heavy (non-hydrogen) atoms. The van der Waals surface area contributed by atoms with E-state index in [9.17, 15) is 14.7 Å².